The van der Waals surface area contributed by atoms with Gasteiger partial charge in [0.05, 0.1) is 18.3 Å². The van der Waals surface area contributed by atoms with Gasteiger partial charge in [0.2, 0.25) is 0 Å². The molecule has 0 aliphatic heterocycles. The van der Waals surface area contributed by atoms with E-state index in [1.54, 1.807) is 0 Å². The molecule has 3 rings (SSSR count). The lowest BCUT2D eigenvalue weighted by atomic mass is 9.96. The molecule has 3 nitrogen and oxygen atoms in total. The number of anilines is 1. The van der Waals surface area contributed by atoms with Crippen LogP contribution in [0.4, 0.5) is 14.5 Å². The van der Waals surface area contributed by atoms with Crippen LogP contribution in [-0.4, -0.2) is 9.78 Å². The maximum absolute atomic E-state index is 13.1. The predicted octanol–water partition coefficient (Wildman–Crippen LogP) is 4.28. The van der Waals surface area contributed by atoms with Crippen LogP contribution in [0.2, 0.25) is 0 Å². The zero-order chi connectivity index (χ0) is 14.7. The summed E-state index contributed by atoms with van der Waals surface area (Å²) < 4.78 is 28.2. The summed E-state index contributed by atoms with van der Waals surface area (Å²) >= 11 is 0. The first kappa shape index (κ1) is 14.0. The molecule has 1 aliphatic carbocycles. The van der Waals surface area contributed by atoms with Gasteiger partial charge >= 0.3 is 0 Å². The summed E-state index contributed by atoms with van der Waals surface area (Å²) in [6.45, 7) is 0.461. The van der Waals surface area contributed by atoms with E-state index in [0.717, 1.165) is 11.8 Å². The van der Waals surface area contributed by atoms with Gasteiger partial charge in [-0.15, -0.1) is 0 Å². The van der Waals surface area contributed by atoms with Crippen LogP contribution in [0.3, 0.4) is 0 Å². The summed E-state index contributed by atoms with van der Waals surface area (Å²) in [6.07, 6.45) is 8.21. The molecule has 1 N–H and O–H groups in total. The minimum atomic E-state index is -0.578. The maximum Gasteiger partial charge on any atom is 0.128 e. The molecule has 1 heterocycles. The predicted molar refractivity (Wildman–Crippen MR) is 78.0 cm³/mol. The molecule has 112 valence electrons. The molecule has 1 aromatic carbocycles. The number of halogens is 2. The van der Waals surface area contributed by atoms with Gasteiger partial charge in [0.1, 0.15) is 11.6 Å². The van der Waals surface area contributed by atoms with E-state index < -0.39 is 11.6 Å². The molecule has 0 spiro atoms. The molecule has 21 heavy (non-hydrogen) atoms. The fourth-order valence-corrected chi connectivity index (χ4v) is 2.87. The van der Waals surface area contributed by atoms with Crippen molar-refractivity contribution in [2.45, 2.75) is 44.7 Å². The van der Waals surface area contributed by atoms with Crippen molar-refractivity contribution in [2.75, 3.05) is 5.32 Å². The Hall–Kier alpha value is -1.91. The van der Waals surface area contributed by atoms with E-state index in [4.69, 9.17) is 0 Å². The molecule has 0 saturated heterocycles. The second-order valence-electron chi connectivity index (χ2n) is 5.59. The lowest BCUT2D eigenvalue weighted by Crippen LogP contribution is -2.13. The summed E-state index contributed by atoms with van der Waals surface area (Å²) in [6, 6.07) is 5.88. The highest BCUT2D eigenvalue weighted by Gasteiger charge is 2.15. The van der Waals surface area contributed by atoms with E-state index in [2.05, 4.69) is 10.4 Å². The van der Waals surface area contributed by atoms with Gasteiger partial charge in [-0.25, -0.2) is 8.78 Å². The Kier molecular flexibility index (Phi) is 4.18. The van der Waals surface area contributed by atoms with Gasteiger partial charge < -0.3 is 5.32 Å². The van der Waals surface area contributed by atoms with E-state index in [9.17, 15) is 8.78 Å². The Balaban J connectivity index is 1.61. The minimum absolute atomic E-state index is 0.430. The number of nitrogens with one attached hydrogen (secondary N) is 1. The third-order valence-electron chi connectivity index (χ3n) is 3.95. The van der Waals surface area contributed by atoms with Gasteiger partial charge in [-0.05, 0) is 31.0 Å². The fraction of sp³-hybridized carbons (Fsp3) is 0.438. The number of aromatic nitrogens is 2. The Labute approximate surface area is 123 Å². The van der Waals surface area contributed by atoms with E-state index in [0.29, 0.717) is 18.3 Å². The van der Waals surface area contributed by atoms with Crippen LogP contribution in [0.25, 0.3) is 0 Å². The Morgan fingerprint density at radius 1 is 1.10 bits per heavy atom. The van der Waals surface area contributed by atoms with Crippen molar-refractivity contribution in [1.82, 2.24) is 9.78 Å². The van der Waals surface area contributed by atoms with Crippen molar-refractivity contribution in [3.8, 4) is 0 Å². The molecule has 0 unspecified atom stereocenters. The Morgan fingerprint density at radius 3 is 2.52 bits per heavy atom. The number of hydrogen-bond acceptors (Lipinski definition) is 2. The summed E-state index contributed by atoms with van der Waals surface area (Å²) in [7, 11) is 0. The number of benzene rings is 1. The van der Waals surface area contributed by atoms with Crippen molar-refractivity contribution >= 4 is 5.69 Å². The van der Waals surface area contributed by atoms with Crippen LogP contribution in [0.5, 0.6) is 0 Å². The minimum Gasteiger partial charge on any atom is -0.379 e. The zero-order valence-corrected chi connectivity index (χ0v) is 11.9. The van der Waals surface area contributed by atoms with E-state index in [1.807, 2.05) is 16.9 Å². The monoisotopic (exact) mass is 291 g/mol. The fourth-order valence-electron chi connectivity index (χ4n) is 2.87. The zero-order valence-electron chi connectivity index (χ0n) is 11.9. The van der Waals surface area contributed by atoms with E-state index in [1.165, 1.54) is 44.2 Å². The van der Waals surface area contributed by atoms with Crippen molar-refractivity contribution in [3.05, 3.63) is 47.8 Å². The third-order valence-corrected chi connectivity index (χ3v) is 3.95. The Morgan fingerprint density at radius 2 is 1.81 bits per heavy atom. The normalized spacial score (nSPS) is 16.1. The first-order valence-electron chi connectivity index (χ1n) is 7.45. The van der Waals surface area contributed by atoms with Crippen LogP contribution in [0, 0.1) is 11.6 Å². The quantitative estimate of drug-likeness (QED) is 0.911. The van der Waals surface area contributed by atoms with Crippen molar-refractivity contribution in [1.29, 1.82) is 0 Å². The highest BCUT2D eigenvalue weighted by molar-refractivity contribution is 5.43. The lowest BCUT2D eigenvalue weighted by Gasteiger charge is -2.21. The molecule has 0 bridgehead atoms. The van der Waals surface area contributed by atoms with Crippen LogP contribution in [0.15, 0.2) is 30.5 Å². The van der Waals surface area contributed by atoms with Gasteiger partial charge in [-0.2, -0.15) is 5.10 Å². The molecule has 1 aliphatic rings. The summed E-state index contributed by atoms with van der Waals surface area (Å²) in [5, 5.41) is 7.56. The van der Waals surface area contributed by atoms with Gasteiger partial charge in [-0.3, -0.25) is 4.68 Å². The average Bonchev–Trinajstić information content (AvgIpc) is 2.94. The first-order chi connectivity index (χ1) is 10.2. The average molecular weight is 291 g/mol. The maximum atomic E-state index is 13.1. The van der Waals surface area contributed by atoms with Crippen molar-refractivity contribution in [3.63, 3.8) is 0 Å². The third kappa shape index (κ3) is 3.60. The lowest BCUT2D eigenvalue weighted by molar-refractivity contribution is 0.328. The molecule has 2 aromatic rings. The van der Waals surface area contributed by atoms with Crippen LogP contribution in [0.1, 0.15) is 43.8 Å². The second kappa shape index (κ2) is 6.24. The molecule has 1 aromatic heterocycles. The van der Waals surface area contributed by atoms with Crippen molar-refractivity contribution < 1.29 is 8.78 Å². The van der Waals surface area contributed by atoms with Gasteiger partial charge in [0.25, 0.3) is 0 Å². The Bertz CT molecular complexity index is 583. The van der Waals surface area contributed by atoms with Crippen LogP contribution in [-0.2, 0) is 6.54 Å². The number of nitrogens with zero attached hydrogens (tertiary/aromatic N) is 2. The van der Waals surface area contributed by atoms with Crippen LogP contribution < -0.4 is 5.32 Å². The van der Waals surface area contributed by atoms with E-state index in [-0.39, 0.29) is 0 Å². The number of rotatable bonds is 4. The second-order valence-corrected chi connectivity index (χ2v) is 5.59. The van der Waals surface area contributed by atoms with Gasteiger partial charge in [0.15, 0.2) is 0 Å². The van der Waals surface area contributed by atoms with Gasteiger partial charge in [0, 0.05) is 18.0 Å². The molecule has 1 saturated carbocycles. The smallest absolute Gasteiger partial charge is 0.128 e. The van der Waals surface area contributed by atoms with E-state index >= 15 is 0 Å². The summed E-state index contributed by atoms with van der Waals surface area (Å²) in [5.41, 5.74) is 1.31. The number of hydrogen-bond donors (Lipinski definition) is 1. The topological polar surface area (TPSA) is 29.9 Å². The highest BCUT2D eigenvalue weighted by Crippen LogP contribution is 2.27. The van der Waals surface area contributed by atoms with Gasteiger partial charge in [-0.1, -0.05) is 19.3 Å². The SMILES string of the molecule is Fc1cc(F)cc(NCc2ccn(C3CCCCC3)n2)c1. The standard InChI is InChI=1S/C16H19F2N3/c17-12-8-13(18)10-15(9-12)19-11-14-6-7-21(20-14)16-4-2-1-3-5-16/h6-10,16,19H,1-5,11H2. The molecule has 1 fully saturated rings. The first-order valence-corrected chi connectivity index (χ1v) is 7.45. The molecule has 5 heteroatoms. The molecular weight excluding hydrogens is 272 g/mol. The summed E-state index contributed by atoms with van der Waals surface area (Å²) in [4.78, 5) is 0. The molecular formula is C16H19F2N3. The van der Waals surface area contributed by atoms with Crippen LogP contribution >= 0.6 is 0 Å². The molecule has 0 radical (unpaired) electrons. The summed E-state index contributed by atoms with van der Waals surface area (Å²) in [5.74, 6) is -1.16. The molecule has 0 atom stereocenters. The largest absolute Gasteiger partial charge is 0.379 e. The highest BCUT2D eigenvalue weighted by atomic mass is 19.1. The van der Waals surface area contributed by atoms with Crippen molar-refractivity contribution in [2.24, 2.45) is 0 Å². The molecule has 0 amide bonds.